The molecule has 2 unspecified atom stereocenters. The van der Waals surface area contributed by atoms with Gasteiger partial charge in [-0.15, -0.1) is 0 Å². The van der Waals surface area contributed by atoms with E-state index in [4.69, 9.17) is 4.74 Å². The van der Waals surface area contributed by atoms with Crippen molar-refractivity contribution in [2.75, 3.05) is 0 Å². The molecular formula is C27H27FO2. The molecule has 3 heteroatoms. The van der Waals surface area contributed by atoms with Crippen LogP contribution in [-0.4, -0.2) is 5.97 Å². The molecule has 4 rings (SSSR count). The standard InChI is InChI=1S/C27H27FO2/c1-4-5-19-8-12-20(13-9-19)18(3)23-15-14-22-16-24(21-10-6-17(2)7-11-21)30-27(29)25(22)26(23)28/h6-15,18,24H,4-5,16H2,1-3H3. The van der Waals surface area contributed by atoms with E-state index in [0.717, 1.165) is 29.5 Å². The molecule has 0 bridgehead atoms. The van der Waals surface area contributed by atoms with Crippen molar-refractivity contribution in [3.05, 3.63) is 105 Å². The van der Waals surface area contributed by atoms with Gasteiger partial charge in [-0.3, -0.25) is 0 Å². The SMILES string of the molecule is CCCc1ccc(C(C)c2ccc3c(c2F)C(=O)OC(c2ccc(C)cc2)C3)cc1. The van der Waals surface area contributed by atoms with E-state index in [0.29, 0.717) is 17.5 Å². The maximum Gasteiger partial charge on any atom is 0.342 e. The topological polar surface area (TPSA) is 26.3 Å². The molecule has 2 nitrogen and oxygen atoms in total. The van der Waals surface area contributed by atoms with Crippen molar-refractivity contribution in [1.29, 1.82) is 0 Å². The Morgan fingerprint density at radius 3 is 2.40 bits per heavy atom. The molecule has 1 aliphatic rings. The van der Waals surface area contributed by atoms with Crippen LogP contribution >= 0.6 is 0 Å². The van der Waals surface area contributed by atoms with E-state index in [1.54, 1.807) is 0 Å². The van der Waals surface area contributed by atoms with Crippen LogP contribution in [0.4, 0.5) is 4.39 Å². The van der Waals surface area contributed by atoms with Crippen LogP contribution in [-0.2, 0) is 17.6 Å². The third-order valence-corrected chi connectivity index (χ3v) is 6.05. The zero-order valence-electron chi connectivity index (χ0n) is 17.7. The summed E-state index contributed by atoms with van der Waals surface area (Å²) in [6.45, 7) is 6.14. The van der Waals surface area contributed by atoms with Gasteiger partial charge in [0.1, 0.15) is 11.9 Å². The summed E-state index contributed by atoms with van der Waals surface area (Å²) in [6.07, 6.45) is 2.25. The summed E-state index contributed by atoms with van der Waals surface area (Å²) in [5, 5.41) is 0. The minimum Gasteiger partial charge on any atom is -0.453 e. The number of esters is 1. The van der Waals surface area contributed by atoms with Crippen LogP contribution < -0.4 is 0 Å². The Kier molecular flexibility index (Phi) is 5.72. The molecule has 3 aromatic carbocycles. The Morgan fingerprint density at radius 1 is 1.03 bits per heavy atom. The Hall–Kier alpha value is -2.94. The highest BCUT2D eigenvalue weighted by atomic mass is 19.1. The smallest absolute Gasteiger partial charge is 0.342 e. The highest BCUT2D eigenvalue weighted by molar-refractivity contribution is 5.93. The molecule has 0 radical (unpaired) electrons. The number of carbonyl (C=O) groups excluding carboxylic acids is 1. The van der Waals surface area contributed by atoms with Crippen LogP contribution in [0.2, 0.25) is 0 Å². The number of halogens is 1. The fourth-order valence-electron chi connectivity index (χ4n) is 4.20. The summed E-state index contributed by atoms with van der Waals surface area (Å²) in [5.74, 6) is -1.18. The zero-order chi connectivity index (χ0) is 21.3. The van der Waals surface area contributed by atoms with E-state index in [1.165, 1.54) is 5.56 Å². The Balaban J connectivity index is 1.62. The number of hydrogen-bond donors (Lipinski definition) is 0. The van der Waals surface area contributed by atoms with Crippen LogP contribution in [0.3, 0.4) is 0 Å². The van der Waals surface area contributed by atoms with Crippen molar-refractivity contribution < 1.29 is 13.9 Å². The summed E-state index contributed by atoms with van der Waals surface area (Å²) in [6, 6.07) is 20.0. The van der Waals surface area contributed by atoms with Crippen molar-refractivity contribution in [1.82, 2.24) is 0 Å². The number of hydrogen-bond acceptors (Lipinski definition) is 2. The lowest BCUT2D eigenvalue weighted by atomic mass is 9.87. The lowest BCUT2D eigenvalue weighted by Crippen LogP contribution is -2.24. The monoisotopic (exact) mass is 402 g/mol. The predicted molar refractivity (Wildman–Crippen MR) is 117 cm³/mol. The molecule has 0 N–H and O–H groups in total. The predicted octanol–water partition coefficient (Wildman–Crippen LogP) is 6.69. The summed E-state index contributed by atoms with van der Waals surface area (Å²) in [4.78, 5) is 12.7. The minimum atomic E-state index is -0.577. The first kappa shape index (κ1) is 20.3. The lowest BCUT2D eigenvalue weighted by Gasteiger charge is -2.27. The van der Waals surface area contributed by atoms with Crippen LogP contribution in [0.25, 0.3) is 0 Å². The van der Waals surface area contributed by atoms with Gasteiger partial charge in [0.2, 0.25) is 0 Å². The zero-order valence-corrected chi connectivity index (χ0v) is 17.7. The number of ether oxygens (including phenoxy) is 1. The first-order valence-electron chi connectivity index (χ1n) is 10.7. The summed E-state index contributed by atoms with van der Waals surface area (Å²) < 4.78 is 21.0. The third kappa shape index (κ3) is 3.89. The molecule has 154 valence electrons. The molecule has 1 heterocycles. The van der Waals surface area contributed by atoms with Crippen molar-refractivity contribution in [2.24, 2.45) is 0 Å². The fraction of sp³-hybridized carbons (Fsp3) is 0.296. The summed E-state index contributed by atoms with van der Waals surface area (Å²) in [7, 11) is 0. The molecule has 0 fully saturated rings. The van der Waals surface area contributed by atoms with Crippen molar-refractivity contribution in [3.8, 4) is 0 Å². The first-order valence-corrected chi connectivity index (χ1v) is 10.7. The maximum absolute atomic E-state index is 15.4. The van der Waals surface area contributed by atoms with Gasteiger partial charge in [-0.1, -0.05) is 86.5 Å². The molecule has 0 aliphatic carbocycles. The van der Waals surface area contributed by atoms with Gasteiger partial charge in [0, 0.05) is 12.3 Å². The van der Waals surface area contributed by atoms with Gasteiger partial charge in [0.05, 0.1) is 5.56 Å². The van der Waals surface area contributed by atoms with Gasteiger partial charge < -0.3 is 4.74 Å². The number of rotatable bonds is 5. The van der Waals surface area contributed by atoms with Gasteiger partial charge in [0.25, 0.3) is 0 Å². The molecule has 0 saturated heterocycles. The third-order valence-electron chi connectivity index (χ3n) is 6.05. The van der Waals surface area contributed by atoms with Gasteiger partial charge in [-0.05, 0) is 41.2 Å². The Labute approximate surface area is 177 Å². The molecule has 0 amide bonds. The quantitative estimate of drug-likeness (QED) is 0.444. The van der Waals surface area contributed by atoms with Gasteiger partial charge >= 0.3 is 5.97 Å². The number of benzene rings is 3. The van der Waals surface area contributed by atoms with E-state index in [2.05, 4.69) is 31.2 Å². The molecule has 0 spiro atoms. The van der Waals surface area contributed by atoms with Crippen molar-refractivity contribution in [3.63, 3.8) is 0 Å². The van der Waals surface area contributed by atoms with E-state index in [-0.39, 0.29) is 17.6 Å². The van der Waals surface area contributed by atoms with Crippen LogP contribution in [0.5, 0.6) is 0 Å². The maximum atomic E-state index is 15.4. The molecular weight excluding hydrogens is 375 g/mol. The van der Waals surface area contributed by atoms with Gasteiger partial charge in [-0.2, -0.15) is 0 Å². The van der Waals surface area contributed by atoms with Gasteiger partial charge in [-0.25, -0.2) is 9.18 Å². The minimum absolute atomic E-state index is 0.0883. The number of fused-ring (bicyclic) bond motifs is 1. The summed E-state index contributed by atoms with van der Waals surface area (Å²) in [5.41, 5.74) is 5.73. The van der Waals surface area contributed by atoms with Crippen LogP contribution in [0.1, 0.15) is 76.0 Å². The molecule has 3 aromatic rings. The molecule has 30 heavy (non-hydrogen) atoms. The second kappa shape index (κ2) is 8.43. The highest BCUT2D eigenvalue weighted by Gasteiger charge is 2.32. The van der Waals surface area contributed by atoms with E-state index >= 15 is 4.39 Å². The average molecular weight is 403 g/mol. The van der Waals surface area contributed by atoms with Gasteiger partial charge in [0.15, 0.2) is 0 Å². The number of carbonyl (C=O) groups is 1. The van der Waals surface area contributed by atoms with E-state index < -0.39 is 11.8 Å². The first-order chi connectivity index (χ1) is 14.5. The molecule has 0 aromatic heterocycles. The van der Waals surface area contributed by atoms with Crippen LogP contribution in [0, 0.1) is 12.7 Å². The highest BCUT2D eigenvalue weighted by Crippen LogP contribution is 2.36. The Morgan fingerprint density at radius 2 is 1.73 bits per heavy atom. The van der Waals surface area contributed by atoms with Crippen molar-refractivity contribution >= 4 is 5.97 Å². The molecule has 0 saturated carbocycles. The summed E-state index contributed by atoms with van der Waals surface area (Å²) >= 11 is 0. The molecule has 1 aliphatic heterocycles. The number of aryl methyl sites for hydroxylation is 2. The largest absolute Gasteiger partial charge is 0.453 e. The second-order valence-electron chi connectivity index (χ2n) is 8.22. The van der Waals surface area contributed by atoms with Crippen LogP contribution in [0.15, 0.2) is 60.7 Å². The molecule has 2 atom stereocenters. The second-order valence-corrected chi connectivity index (χ2v) is 8.22. The normalized spacial score (nSPS) is 16.7. The van der Waals surface area contributed by atoms with Crippen molar-refractivity contribution in [2.45, 2.75) is 52.1 Å². The lowest BCUT2D eigenvalue weighted by molar-refractivity contribution is 0.0245. The van der Waals surface area contributed by atoms with E-state index in [1.807, 2.05) is 50.2 Å². The van der Waals surface area contributed by atoms with E-state index in [9.17, 15) is 4.79 Å². The Bertz CT molecular complexity index is 1050. The fourth-order valence-corrected chi connectivity index (χ4v) is 4.20. The average Bonchev–Trinajstić information content (AvgIpc) is 2.74. The number of cyclic esters (lactones) is 1.